The summed E-state index contributed by atoms with van der Waals surface area (Å²) in [4.78, 5) is 39.1. The molecule has 4 aromatic rings. The zero-order chi connectivity index (χ0) is 18.8. The van der Waals surface area contributed by atoms with E-state index < -0.39 is 17.4 Å². The van der Waals surface area contributed by atoms with Gasteiger partial charge in [0.25, 0.3) is 5.56 Å². The smallest absolute Gasteiger partial charge is 0.327 e. The highest BCUT2D eigenvalue weighted by Gasteiger charge is 2.10. The summed E-state index contributed by atoms with van der Waals surface area (Å²) in [6, 6.07) is 12.9. The van der Waals surface area contributed by atoms with Crippen LogP contribution in [0, 0.1) is 0 Å². The van der Waals surface area contributed by atoms with Gasteiger partial charge < -0.3 is 15.4 Å². The number of aliphatic hydroxyl groups is 1. The summed E-state index contributed by atoms with van der Waals surface area (Å²) >= 11 is 0. The molecule has 0 aliphatic carbocycles. The Hall–Kier alpha value is -3.72. The van der Waals surface area contributed by atoms with Gasteiger partial charge in [0, 0.05) is 18.3 Å². The predicted octanol–water partition coefficient (Wildman–Crippen LogP) is 1.15. The van der Waals surface area contributed by atoms with Crippen molar-refractivity contribution in [1.29, 1.82) is 0 Å². The van der Waals surface area contributed by atoms with Crippen LogP contribution in [0.5, 0.6) is 0 Å². The summed E-state index contributed by atoms with van der Waals surface area (Å²) in [5.74, 6) is 1.01. The minimum Gasteiger partial charge on any atom is -0.387 e. The molecule has 9 nitrogen and oxygen atoms in total. The van der Waals surface area contributed by atoms with Crippen LogP contribution in [-0.2, 0) is 0 Å². The van der Waals surface area contributed by atoms with E-state index in [4.69, 9.17) is 0 Å². The van der Waals surface area contributed by atoms with E-state index in [-0.39, 0.29) is 11.2 Å². The minimum atomic E-state index is -0.647. The number of rotatable bonds is 5. The van der Waals surface area contributed by atoms with Crippen molar-refractivity contribution in [2.45, 2.75) is 6.10 Å². The number of anilines is 1. The lowest BCUT2D eigenvalue weighted by molar-refractivity contribution is 0.191. The number of H-pyrrole nitrogens is 3. The Morgan fingerprint density at radius 3 is 2.59 bits per heavy atom. The van der Waals surface area contributed by atoms with Gasteiger partial charge in [-0.25, -0.2) is 14.8 Å². The molecule has 0 fully saturated rings. The van der Waals surface area contributed by atoms with Crippen molar-refractivity contribution in [3.63, 3.8) is 0 Å². The third kappa shape index (κ3) is 3.48. The molecule has 1 aromatic carbocycles. The first kappa shape index (κ1) is 16.7. The average Bonchev–Trinajstić information content (AvgIpc) is 3.11. The van der Waals surface area contributed by atoms with E-state index in [1.165, 1.54) is 0 Å². The van der Waals surface area contributed by atoms with Crippen LogP contribution in [0.4, 0.5) is 5.82 Å². The van der Waals surface area contributed by atoms with E-state index in [0.29, 0.717) is 23.8 Å². The predicted molar refractivity (Wildman–Crippen MR) is 100 cm³/mol. The summed E-state index contributed by atoms with van der Waals surface area (Å²) in [5.41, 5.74) is 0.710. The lowest BCUT2D eigenvalue weighted by atomic mass is 10.1. The molecule has 3 aromatic heterocycles. The number of hydrogen-bond acceptors (Lipinski definition) is 6. The van der Waals surface area contributed by atoms with Crippen LogP contribution < -0.4 is 16.6 Å². The van der Waals surface area contributed by atoms with Gasteiger partial charge in [0.2, 0.25) is 0 Å². The Labute approximate surface area is 152 Å². The van der Waals surface area contributed by atoms with Gasteiger partial charge in [-0.2, -0.15) is 0 Å². The molecule has 27 heavy (non-hydrogen) atoms. The first-order valence-corrected chi connectivity index (χ1v) is 8.26. The molecule has 0 aliphatic rings. The zero-order valence-corrected chi connectivity index (χ0v) is 14.1. The van der Waals surface area contributed by atoms with Crippen molar-refractivity contribution in [3.05, 3.63) is 75.1 Å². The Morgan fingerprint density at radius 1 is 1.04 bits per heavy atom. The number of aromatic nitrogens is 5. The number of nitrogens with zero attached hydrogens (tertiary/aromatic N) is 2. The van der Waals surface area contributed by atoms with Crippen LogP contribution >= 0.6 is 0 Å². The molecule has 0 spiro atoms. The molecule has 0 bridgehead atoms. The molecule has 0 saturated heterocycles. The second kappa shape index (κ2) is 6.89. The minimum absolute atomic E-state index is 0.187. The van der Waals surface area contributed by atoms with Gasteiger partial charge in [-0.15, -0.1) is 0 Å². The molecule has 3 heterocycles. The van der Waals surface area contributed by atoms with Gasteiger partial charge in [-0.3, -0.25) is 14.8 Å². The van der Waals surface area contributed by atoms with Crippen LogP contribution in [0.25, 0.3) is 22.6 Å². The Balaban J connectivity index is 1.50. The highest BCUT2D eigenvalue weighted by atomic mass is 16.3. The first-order chi connectivity index (χ1) is 13.1. The van der Waals surface area contributed by atoms with Gasteiger partial charge in [0.15, 0.2) is 5.65 Å². The molecule has 1 unspecified atom stereocenters. The molecule has 4 rings (SSSR count). The lowest BCUT2D eigenvalue weighted by Crippen LogP contribution is -2.21. The summed E-state index contributed by atoms with van der Waals surface area (Å²) in [7, 11) is 0. The fourth-order valence-corrected chi connectivity index (χ4v) is 2.70. The standard InChI is InChI=1S/C18H16N6O3/c25-12(10-4-2-1-3-5-10)9-20-13-7-6-11(8-19-13)15-21-14-16(22-15)23-18(27)24-17(14)26/h1-8,12,25H,9H2,(H,19,20)(H3,21,22,23,24,26,27). The monoisotopic (exact) mass is 364 g/mol. The third-order valence-corrected chi connectivity index (χ3v) is 4.09. The lowest BCUT2D eigenvalue weighted by Gasteiger charge is -2.12. The van der Waals surface area contributed by atoms with E-state index in [0.717, 1.165) is 5.56 Å². The quantitative estimate of drug-likeness (QED) is 0.360. The maximum absolute atomic E-state index is 11.8. The fraction of sp³-hybridized carbons (Fsp3) is 0.111. The molecule has 5 N–H and O–H groups in total. The van der Waals surface area contributed by atoms with Crippen molar-refractivity contribution >= 4 is 17.0 Å². The van der Waals surface area contributed by atoms with Gasteiger partial charge >= 0.3 is 5.69 Å². The molecule has 136 valence electrons. The second-order valence-electron chi connectivity index (χ2n) is 5.96. The molecule has 0 aliphatic heterocycles. The SMILES string of the molecule is O=c1[nH]c(=O)c2[nH]c(-c3ccc(NCC(O)c4ccccc4)nc3)nc2[nH]1. The van der Waals surface area contributed by atoms with E-state index in [9.17, 15) is 14.7 Å². The first-order valence-electron chi connectivity index (χ1n) is 8.26. The summed E-state index contributed by atoms with van der Waals surface area (Å²) in [5, 5.41) is 13.2. The van der Waals surface area contributed by atoms with Crippen LogP contribution in [0.1, 0.15) is 11.7 Å². The van der Waals surface area contributed by atoms with Crippen molar-refractivity contribution < 1.29 is 5.11 Å². The van der Waals surface area contributed by atoms with E-state index in [1.807, 2.05) is 30.3 Å². The molecule has 1 atom stereocenters. The number of hydrogen-bond donors (Lipinski definition) is 5. The number of imidazole rings is 1. The number of fused-ring (bicyclic) bond motifs is 1. The van der Waals surface area contributed by atoms with Crippen molar-refractivity contribution in [2.24, 2.45) is 0 Å². The molecule has 0 radical (unpaired) electrons. The highest BCUT2D eigenvalue weighted by Crippen LogP contribution is 2.18. The van der Waals surface area contributed by atoms with Crippen molar-refractivity contribution in [1.82, 2.24) is 24.9 Å². The maximum Gasteiger partial charge on any atom is 0.327 e. The van der Waals surface area contributed by atoms with Crippen LogP contribution in [0.3, 0.4) is 0 Å². The maximum atomic E-state index is 11.8. The Bertz CT molecular complexity index is 1180. The van der Waals surface area contributed by atoms with E-state index >= 15 is 0 Å². The van der Waals surface area contributed by atoms with Gasteiger partial charge in [0.05, 0.1) is 6.10 Å². The van der Waals surface area contributed by atoms with Gasteiger partial charge in [-0.05, 0) is 17.7 Å². The normalized spacial score (nSPS) is 12.2. The number of aromatic amines is 3. The average molecular weight is 364 g/mol. The number of aliphatic hydroxyl groups excluding tert-OH is 1. The number of benzene rings is 1. The third-order valence-electron chi connectivity index (χ3n) is 4.09. The molecular formula is C18H16N6O3. The highest BCUT2D eigenvalue weighted by molar-refractivity contribution is 5.74. The largest absolute Gasteiger partial charge is 0.387 e. The number of nitrogens with one attached hydrogen (secondary N) is 4. The summed E-state index contributed by atoms with van der Waals surface area (Å²) in [6.45, 7) is 0.317. The fourth-order valence-electron chi connectivity index (χ4n) is 2.70. The topological polar surface area (TPSA) is 140 Å². The van der Waals surface area contributed by atoms with E-state index in [1.54, 1.807) is 18.3 Å². The molecule has 9 heteroatoms. The van der Waals surface area contributed by atoms with E-state index in [2.05, 4.69) is 30.2 Å². The van der Waals surface area contributed by atoms with Crippen molar-refractivity contribution in [2.75, 3.05) is 11.9 Å². The molecule has 0 amide bonds. The number of pyridine rings is 1. The van der Waals surface area contributed by atoms with Crippen LogP contribution in [0.15, 0.2) is 58.3 Å². The Morgan fingerprint density at radius 2 is 1.85 bits per heavy atom. The summed E-state index contributed by atoms with van der Waals surface area (Å²) < 4.78 is 0. The zero-order valence-electron chi connectivity index (χ0n) is 14.1. The molecular weight excluding hydrogens is 348 g/mol. The van der Waals surface area contributed by atoms with Crippen LogP contribution in [0.2, 0.25) is 0 Å². The van der Waals surface area contributed by atoms with Crippen LogP contribution in [-0.4, -0.2) is 36.6 Å². The Kier molecular flexibility index (Phi) is 4.27. The summed E-state index contributed by atoms with van der Waals surface area (Å²) in [6.07, 6.45) is 0.938. The van der Waals surface area contributed by atoms with Gasteiger partial charge in [0.1, 0.15) is 17.2 Å². The second-order valence-corrected chi connectivity index (χ2v) is 5.96. The van der Waals surface area contributed by atoms with Gasteiger partial charge in [-0.1, -0.05) is 30.3 Å². The van der Waals surface area contributed by atoms with Crippen molar-refractivity contribution in [3.8, 4) is 11.4 Å². The molecule has 0 saturated carbocycles.